The molecule has 1 N–H and O–H groups in total. The van der Waals surface area contributed by atoms with E-state index in [1.165, 1.54) is 16.2 Å². The van der Waals surface area contributed by atoms with E-state index in [1.54, 1.807) is 43.5 Å². The molecule has 0 spiro atoms. The highest BCUT2D eigenvalue weighted by atomic mass is 32.1. The van der Waals surface area contributed by atoms with E-state index in [9.17, 15) is 14.7 Å². The fourth-order valence-corrected chi connectivity index (χ4v) is 5.27. The number of ketones is 1. The number of aliphatic hydroxyl groups is 1. The maximum absolute atomic E-state index is 13.2. The number of ether oxygens (including phenoxy) is 2. The number of aryl methyl sites for hydroxylation is 1. The number of carbonyl (C=O) groups excluding carboxylic acids is 2. The van der Waals surface area contributed by atoms with Gasteiger partial charge in [-0.15, -0.1) is 11.3 Å². The normalized spacial score (nSPS) is 19.2. The Bertz CT molecular complexity index is 1260. The molecule has 1 fully saturated rings. The molecule has 2 aliphatic rings. The van der Waals surface area contributed by atoms with Crippen molar-refractivity contribution in [2.45, 2.75) is 19.4 Å². The number of amides is 1. The summed E-state index contributed by atoms with van der Waals surface area (Å²) >= 11 is 1.46. The maximum Gasteiger partial charge on any atom is 0.300 e. The number of fused-ring (bicyclic) bond motifs is 1. The summed E-state index contributed by atoms with van der Waals surface area (Å²) in [6, 6.07) is 13.5. The van der Waals surface area contributed by atoms with Crippen molar-refractivity contribution < 1.29 is 24.2 Å². The van der Waals surface area contributed by atoms with Crippen LogP contribution in [-0.4, -0.2) is 30.5 Å². The Morgan fingerprint density at radius 3 is 2.62 bits per heavy atom. The molecular formula is C25H21NO5S. The second-order valence-electron chi connectivity index (χ2n) is 7.76. The summed E-state index contributed by atoms with van der Waals surface area (Å²) in [4.78, 5) is 28.7. The number of hydrogen-bond donors (Lipinski definition) is 1. The van der Waals surface area contributed by atoms with E-state index in [0.29, 0.717) is 23.6 Å². The molecule has 1 aromatic heterocycles. The van der Waals surface area contributed by atoms with Crippen LogP contribution in [0.3, 0.4) is 0 Å². The van der Waals surface area contributed by atoms with Crippen LogP contribution in [0.2, 0.25) is 0 Å². The van der Waals surface area contributed by atoms with Crippen molar-refractivity contribution in [2.24, 2.45) is 0 Å². The average Bonchev–Trinajstić information content (AvgIpc) is 3.51. The van der Waals surface area contributed by atoms with Crippen LogP contribution in [0.4, 0.5) is 5.69 Å². The van der Waals surface area contributed by atoms with E-state index in [1.807, 2.05) is 24.4 Å². The van der Waals surface area contributed by atoms with Gasteiger partial charge in [0, 0.05) is 22.5 Å². The number of nitrogens with zero attached hydrogens (tertiary/aromatic N) is 1. The molecule has 162 valence electrons. The van der Waals surface area contributed by atoms with Crippen LogP contribution in [0.5, 0.6) is 11.5 Å². The predicted octanol–water partition coefficient (Wildman–Crippen LogP) is 4.63. The van der Waals surface area contributed by atoms with Gasteiger partial charge in [-0.3, -0.25) is 14.5 Å². The third-order valence-electron chi connectivity index (χ3n) is 5.91. The maximum atomic E-state index is 13.2. The van der Waals surface area contributed by atoms with E-state index < -0.39 is 17.7 Å². The van der Waals surface area contributed by atoms with Gasteiger partial charge in [0.25, 0.3) is 11.7 Å². The zero-order chi connectivity index (χ0) is 22.4. The third-order valence-corrected chi connectivity index (χ3v) is 6.98. The largest absolute Gasteiger partial charge is 0.507 e. The second-order valence-corrected chi connectivity index (χ2v) is 8.70. The van der Waals surface area contributed by atoms with Gasteiger partial charge in [-0.05, 0) is 72.0 Å². The lowest BCUT2D eigenvalue weighted by Gasteiger charge is -2.25. The molecule has 5 rings (SSSR count). The van der Waals surface area contributed by atoms with Crippen molar-refractivity contribution in [3.8, 4) is 11.5 Å². The smallest absolute Gasteiger partial charge is 0.300 e. The molecule has 2 aromatic carbocycles. The number of benzene rings is 2. The van der Waals surface area contributed by atoms with Crippen LogP contribution in [0.1, 0.15) is 27.6 Å². The van der Waals surface area contributed by atoms with Crippen molar-refractivity contribution in [1.82, 2.24) is 0 Å². The molecule has 0 saturated carbocycles. The monoisotopic (exact) mass is 447 g/mol. The highest BCUT2D eigenvalue weighted by Gasteiger charge is 2.48. The Morgan fingerprint density at radius 2 is 1.94 bits per heavy atom. The predicted molar refractivity (Wildman–Crippen MR) is 122 cm³/mol. The third kappa shape index (κ3) is 3.17. The van der Waals surface area contributed by atoms with Gasteiger partial charge >= 0.3 is 0 Å². The number of aliphatic hydroxyl groups excluding tert-OH is 1. The summed E-state index contributed by atoms with van der Waals surface area (Å²) in [6.45, 7) is 2.53. The van der Waals surface area contributed by atoms with E-state index in [-0.39, 0.29) is 11.3 Å². The number of thiophene rings is 1. The SMILES string of the molecule is COc1ccc(N2C(=O)C(=O)/C(=C(\O)c3ccc4c(c3)CCO4)C2c2sccc2C)cc1. The van der Waals surface area contributed by atoms with E-state index >= 15 is 0 Å². The van der Waals surface area contributed by atoms with Crippen LogP contribution in [0, 0.1) is 6.92 Å². The summed E-state index contributed by atoms with van der Waals surface area (Å²) in [5.41, 5.74) is 3.08. The zero-order valence-electron chi connectivity index (χ0n) is 17.6. The highest BCUT2D eigenvalue weighted by Crippen LogP contribution is 2.45. The number of anilines is 1. The summed E-state index contributed by atoms with van der Waals surface area (Å²) in [5.74, 6) is -0.112. The van der Waals surface area contributed by atoms with Crippen molar-refractivity contribution in [3.63, 3.8) is 0 Å². The van der Waals surface area contributed by atoms with Gasteiger partial charge in [0.2, 0.25) is 0 Å². The molecule has 7 heteroatoms. The lowest BCUT2D eigenvalue weighted by atomic mass is 9.97. The van der Waals surface area contributed by atoms with Gasteiger partial charge in [0.15, 0.2) is 0 Å². The number of methoxy groups -OCH3 is 1. The van der Waals surface area contributed by atoms with Gasteiger partial charge in [0.1, 0.15) is 23.3 Å². The van der Waals surface area contributed by atoms with Gasteiger partial charge in [-0.2, -0.15) is 0 Å². The zero-order valence-corrected chi connectivity index (χ0v) is 18.4. The summed E-state index contributed by atoms with van der Waals surface area (Å²) < 4.78 is 10.8. The number of rotatable bonds is 4. The number of Topliss-reactive ketones (excluding diaryl/α,β-unsaturated/α-hetero) is 1. The molecule has 1 unspecified atom stereocenters. The first-order valence-electron chi connectivity index (χ1n) is 10.2. The second kappa shape index (κ2) is 7.84. The topological polar surface area (TPSA) is 76.1 Å². The Morgan fingerprint density at radius 1 is 1.16 bits per heavy atom. The minimum absolute atomic E-state index is 0.0928. The average molecular weight is 448 g/mol. The molecule has 1 amide bonds. The quantitative estimate of drug-likeness (QED) is 0.359. The number of hydrogen-bond acceptors (Lipinski definition) is 6. The highest BCUT2D eigenvalue weighted by molar-refractivity contribution is 7.10. The number of carbonyl (C=O) groups is 2. The van der Waals surface area contributed by atoms with Crippen LogP contribution in [0.15, 0.2) is 59.5 Å². The van der Waals surface area contributed by atoms with Gasteiger partial charge in [0.05, 0.1) is 19.3 Å². The van der Waals surface area contributed by atoms with E-state index in [0.717, 1.165) is 28.2 Å². The Labute approximate surface area is 189 Å². The minimum Gasteiger partial charge on any atom is -0.507 e. The Balaban J connectivity index is 1.68. The van der Waals surface area contributed by atoms with Gasteiger partial charge < -0.3 is 14.6 Å². The molecule has 1 saturated heterocycles. The van der Waals surface area contributed by atoms with E-state index in [4.69, 9.17) is 9.47 Å². The Kier molecular flexibility index (Phi) is 4.98. The van der Waals surface area contributed by atoms with Crippen LogP contribution < -0.4 is 14.4 Å². The molecule has 32 heavy (non-hydrogen) atoms. The molecule has 0 aliphatic carbocycles. The van der Waals surface area contributed by atoms with Gasteiger partial charge in [-0.1, -0.05) is 0 Å². The van der Waals surface area contributed by atoms with Crippen LogP contribution >= 0.6 is 11.3 Å². The lowest BCUT2D eigenvalue weighted by Crippen LogP contribution is -2.29. The first-order chi connectivity index (χ1) is 15.5. The van der Waals surface area contributed by atoms with Crippen LogP contribution in [0.25, 0.3) is 5.76 Å². The Hall–Kier alpha value is -3.58. The lowest BCUT2D eigenvalue weighted by molar-refractivity contribution is -0.132. The van der Waals surface area contributed by atoms with E-state index in [2.05, 4.69) is 0 Å². The molecule has 6 nitrogen and oxygen atoms in total. The fourth-order valence-electron chi connectivity index (χ4n) is 4.24. The summed E-state index contributed by atoms with van der Waals surface area (Å²) in [5, 5.41) is 13.2. The summed E-state index contributed by atoms with van der Waals surface area (Å²) in [6.07, 6.45) is 0.740. The molecule has 3 aromatic rings. The fraction of sp³-hybridized carbons (Fsp3) is 0.200. The standard InChI is InChI=1S/C25H21NO5S/c1-14-10-12-32-24(14)21-20(22(27)16-3-8-19-15(13-16)9-11-31-19)23(28)25(29)26(21)17-4-6-18(30-2)7-5-17/h3-8,10,12-13,21,27H,9,11H2,1-2H3/b22-20-. The molecule has 0 radical (unpaired) electrons. The molecule has 0 bridgehead atoms. The molecule has 3 heterocycles. The first kappa shape index (κ1) is 20.3. The van der Waals surface area contributed by atoms with Gasteiger partial charge in [-0.25, -0.2) is 0 Å². The first-order valence-corrected chi connectivity index (χ1v) is 11.1. The van der Waals surface area contributed by atoms with Crippen LogP contribution in [-0.2, 0) is 16.0 Å². The van der Waals surface area contributed by atoms with Crippen molar-refractivity contribution >= 4 is 34.5 Å². The molecular weight excluding hydrogens is 426 g/mol. The minimum atomic E-state index is -0.715. The summed E-state index contributed by atoms with van der Waals surface area (Å²) in [7, 11) is 1.57. The van der Waals surface area contributed by atoms with Crippen molar-refractivity contribution in [1.29, 1.82) is 0 Å². The molecule has 1 atom stereocenters. The molecule has 2 aliphatic heterocycles. The van der Waals surface area contributed by atoms with Crippen molar-refractivity contribution in [2.75, 3.05) is 18.6 Å². The van der Waals surface area contributed by atoms with Crippen molar-refractivity contribution in [3.05, 3.63) is 81.1 Å².